The first-order chi connectivity index (χ1) is 17.1. The fourth-order valence-corrected chi connectivity index (χ4v) is 3.89. The molecule has 1 aliphatic heterocycles. The summed E-state index contributed by atoms with van der Waals surface area (Å²) in [7, 11) is 0. The molecule has 0 unspecified atom stereocenters. The minimum atomic E-state index is -0.571. The van der Waals surface area contributed by atoms with E-state index in [-0.39, 0.29) is 17.3 Å². The van der Waals surface area contributed by atoms with Crippen molar-refractivity contribution in [3.8, 4) is 11.5 Å². The number of nitrogens with zero attached hydrogens (tertiary/aromatic N) is 1. The highest BCUT2D eigenvalue weighted by atomic mass is 16.6. The van der Waals surface area contributed by atoms with Crippen molar-refractivity contribution in [1.82, 2.24) is 0 Å². The van der Waals surface area contributed by atoms with Crippen molar-refractivity contribution in [2.75, 3.05) is 4.90 Å². The van der Waals surface area contributed by atoms with Gasteiger partial charge in [-0.2, -0.15) is 0 Å². The Kier molecular flexibility index (Phi) is 6.14. The molecule has 0 atom stereocenters. The molecule has 1 amide bonds. The number of anilines is 2. The topological polar surface area (TPSA) is 55.8 Å². The van der Waals surface area contributed by atoms with E-state index in [0.29, 0.717) is 22.7 Å². The zero-order valence-electron chi connectivity index (χ0n) is 19.2. The number of hydrogen-bond donors (Lipinski definition) is 0. The number of hydrogen-bond acceptors (Lipinski definition) is 4. The van der Waals surface area contributed by atoms with Crippen molar-refractivity contribution >= 4 is 29.3 Å². The Morgan fingerprint density at radius 2 is 1.49 bits per heavy atom. The van der Waals surface area contributed by atoms with Crippen LogP contribution in [0.25, 0.3) is 6.08 Å². The van der Waals surface area contributed by atoms with Crippen LogP contribution in [-0.4, -0.2) is 11.9 Å². The van der Waals surface area contributed by atoms with Gasteiger partial charge in [-0.05, 0) is 60.0 Å². The molecule has 5 heteroatoms. The molecule has 4 aromatic rings. The van der Waals surface area contributed by atoms with Gasteiger partial charge in [-0.3, -0.25) is 4.79 Å². The standard InChI is InChI=1S/C30H23NO4/c1-2-21-13-15-22(16-14-21)19-28-29(32)26-18-17-25(20-27(26)35-28)34-30(33)31(23-9-5-3-6-10-23)24-11-7-4-8-12-24/h3-20H,2H2,1H3/b28-19-. The highest BCUT2D eigenvalue weighted by Gasteiger charge is 2.28. The molecule has 0 aliphatic carbocycles. The minimum Gasteiger partial charge on any atom is -0.452 e. The first-order valence-corrected chi connectivity index (χ1v) is 11.4. The van der Waals surface area contributed by atoms with E-state index in [9.17, 15) is 9.59 Å². The van der Waals surface area contributed by atoms with Gasteiger partial charge in [0.2, 0.25) is 5.78 Å². The number of rotatable bonds is 5. The Bertz CT molecular complexity index is 1350. The van der Waals surface area contributed by atoms with Gasteiger partial charge in [0, 0.05) is 6.07 Å². The number of benzene rings is 4. The summed E-state index contributed by atoms with van der Waals surface area (Å²) in [5, 5.41) is 0. The van der Waals surface area contributed by atoms with Crippen LogP contribution in [-0.2, 0) is 6.42 Å². The summed E-state index contributed by atoms with van der Waals surface area (Å²) in [6.07, 6.45) is 2.10. The second-order valence-corrected chi connectivity index (χ2v) is 8.07. The van der Waals surface area contributed by atoms with Crippen molar-refractivity contribution in [2.45, 2.75) is 13.3 Å². The summed E-state index contributed by atoms with van der Waals surface area (Å²) in [6.45, 7) is 2.09. The van der Waals surface area contributed by atoms with Crippen LogP contribution < -0.4 is 14.4 Å². The van der Waals surface area contributed by atoms with E-state index >= 15 is 0 Å². The zero-order valence-corrected chi connectivity index (χ0v) is 19.2. The number of Topliss-reactive ketones (excluding diaryl/α,β-unsaturated/α-hetero) is 1. The van der Waals surface area contributed by atoms with E-state index in [2.05, 4.69) is 6.92 Å². The fraction of sp³-hybridized carbons (Fsp3) is 0.0667. The third-order valence-corrected chi connectivity index (χ3v) is 5.74. The van der Waals surface area contributed by atoms with Gasteiger partial charge >= 0.3 is 6.09 Å². The van der Waals surface area contributed by atoms with Crippen LogP contribution >= 0.6 is 0 Å². The molecule has 5 rings (SSSR count). The van der Waals surface area contributed by atoms with Gasteiger partial charge in [-0.1, -0.05) is 67.6 Å². The molecule has 35 heavy (non-hydrogen) atoms. The number of carbonyl (C=O) groups is 2. The van der Waals surface area contributed by atoms with Gasteiger partial charge in [0.25, 0.3) is 0 Å². The molecule has 1 aliphatic rings. The lowest BCUT2D eigenvalue weighted by Gasteiger charge is -2.22. The van der Waals surface area contributed by atoms with Gasteiger partial charge in [0.1, 0.15) is 11.5 Å². The molecule has 0 fully saturated rings. The van der Waals surface area contributed by atoms with E-state index in [1.165, 1.54) is 10.5 Å². The molecule has 0 bridgehead atoms. The smallest absolute Gasteiger partial charge is 0.424 e. The molecule has 0 saturated carbocycles. The maximum Gasteiger partial charge on any atom is 0.424 e. The third kappa shape index (κ3) is 4.70. The predicted octanol–water partition coefficient (Wildman–Crippen LogP) is 7.20. The van der Waals surface area contributed by atoms with E-state index in [4.69, 9.17) is 9.47 Å². The Hall–Kier alpha value is -4.64. The molecule has 0 saturated heterocycles. The lowest BCUT2D eigenvalue weighted by Crippen LogP contribution is -2.29. The quantitative estimate of drug-likeness (QED) is 0.295. The molecule has 0 N–H and O–H groups in total. The summed E-state index contributed by atoms with van der Waals surface area (Å²) in [4.78, 5) is 27.5. The normalized spacial score (nSPS) is 13.3. The molecular formula is C30H23NO4. The van der Waals surface area contributed by atoms with E-state index in [0.717, 1.165) is 12.0 Å². The maximum absolute atomic E-state index is 13.2. The van der Waals surface area contributed by atoms with Crippen molar-refractivity contribution in [3.63, 3.8) is 0 Å². The molecule has 0 radical (unpaired) electrons. The number of fused-ring (bicyclic) bond motifs is 1. The van der Waals surface area contributed by atoms with E-state index < -0.39 is 6.09 Å². The van der Waals surface area contributed by atoms with E-state index in [1.54, 1.807) is 24.3 Å². The average molecular weight is 462 g/mol. The Morgan fingerprint density at radius 1 is 0.857 bits per heavy atom. The first kappa shape index (κ1) is 22.2. The van der Waals surface area contributed by atoms with Crippen LogP contribution in [0.5, 0.6) is 11.5 Å². The fourth-order valence-electron chi connectivity index (χ4n) is 3.89. The summed E-state index contributed by atoms with van der Waals surface area (Å²) in [5.41, 5.74) is 3.89. The molecule has 172 valence electrons. The minimum absolute atomic E-state index is 0.201. The summed E-state index contributed by atoms with van der Waals surface area (Å²) >= 11 is 0. The SMILES string of the molecule is CCc1ccc(/C=C2\Oc3cc(OC(=O)N(c4ccccc4)c4ccccc4)ccc3C2=O)cc1. The van der Waals surface area contributed by atoms with Crippen LogP contribution in [0.1, 0.15) is 28.4 Å². The van der Waals surface area contributed by atoms with Crippen LogP contribution in [0.3, 0.4) is 0 Å². The maximum atomic E-state index is 13.2. The largest absolute Gasteiger partial charge is 0.452 e. The molecule has 0 aromatic heterocycles. The number of aryl methyl sites for hydroxylation is 1. The summed E-state index contributed by atoms with van der Waals surface area (Å²) in [6, 6.07) is 31.3. The summed E-state index contributed by atoms with van der Waals surface area (Å²) in [5.74, 6) is 0.685. The highest BCUT2D eigenvalue weighted by molar-refractivity contribution is 6.14. The number of amides is 1. The van der Waals surface area contributed by atoms with Crippen LogP contribution in [0.15, 0.2) is 109 Å². The lowest BCUT2D eigenvalue weighted by molar-refractivity contribution is 0.101. The molecule has 0 spiro atoms. The number of allylic oxidation sites excluding steroid dienone is 1. The number of para-hydroxylation sites is 2. The van der Waals surface area contributed by atoms with Crippen molar-refractivity contribution < 1.29 is 19.1 Å². The lowest BCUT2D eigenvalue weighted by atomic mass is 10.1. The van der Waals surface area contributed by atoms with Gasteiger partial charge in [-0.15, -0.1) is 0 Å². The monoisotopic (exact) mass is 461 g/mol. The van der Waals surface area contributed by atoms with Crippen molar-refractivity contribution in [1.29, 1.82) is 0 Å². The van der Waals surface area contributed by atoms with Gasteiger partial charge in [0.15, 0.2) is 5.76 Å². The number of ketones is 1. The van der Waals surface area contributed by atoms with Crippen LogP contribution in [0.4, 0.5) is 16.2 Å². The van der Waals surface area contributed by atoms with Gasteiger partial charge < -0.3 is 9.47 Å². The van der Waals surface area contributed by atoms with Crippen LogP contribution in [0.2, 0.25) is 0 Å². The van der Waals surface area contributed by atoms with Crippen molar-refractivity contribution in [3.05, 3.63) is 126 Å². The van der Waals surface area contributed by atoms with Gasteiger partial charge in [0.05, 0.1) is 16.9 Å². The second kappa shape index (κ2) is 9.69. The van der Waals surface area contributed by atoms with Crippen LogP contribution in [0, 0.1) is 0 Å². The summed E-state index contributed by atoms with van der Waals surface area (Å²) < 4.78 is 11.5. The van der Waals surface area contributed by atoms with Crippen molar-refractivity contribution in [2.24, 2.45) is 0 Å². The molecule has 1 heterocycles. The van der Waals surface area contributed by atoms with E-state index in [1.807, 2.05) is 84.9 Å². The number of carbonyl (C=O) groups excluding carboxylic acids is 2. The Morgan fingerprint density at radius 3 is 2.09 bits per heavy atom. The number of ether oxygens (including phenoxy) is 2. The second-order valence-electron chi connectivity index (χ2n) is 8.07. The van der Waals surface area contributed by atoms with Gasteiger partial charge in [-0.25, -0.2) is 9.69 Å². The third-order valence-electron chi connectivity index (χ3n) is 5.74. The Labute approximate surface area is 203 Å². The average Bonchev–Trinajstić information content (AvgIpc) is 3.20. The zero-order chi connectivity index (χ0) is 24.2. The first-order valence-electron chi connectivity index (χ1n) is 11.4. The molecule has 5 nitrogen and oxygen atoms in total. The molecular weight excluding hydrogens is 438 g/mol. The Balaban J connectivity index is 1.38. The highest BCUT2D eigenvalue weighted by Crippen LogP contribution is 2.35. The molecule has 4 aromatic carbocycles. The predicted molar refractivity (Wildman–Crippen MR) is 136 cm³/mol.